The lowest BCUT2D eigenvalue weighted by Gasteiger charge is -2.41. The Balaban J connectivity index is 1.40. The molecule has 3 aromatic rings. The van der Waals surface area contributed by atoms with Gasteiger partial charge in [-0.1, -0.05) is 37.3 Å². The van der Waals surface area contributed by atoms with Gasteiger partial charge in [0.2, 0.25) is 0 Å². The fourth-order valence-electron chi connectivity index (χ4n) is 5.32. The lowest BCUT2D eigenvalue weighted by atomic mass is 9.83. The number of nitrogens with zero attached hydrogens (tertiary/aromatic N) is 4. The zero-order valence-corrected chi connectivity index (χ0v) is 20.2. The highest BCUT2D eigenvalue weighted by molar-refractivity contribution is 5.75. The van der Waals surface area contributed by atoms with Crippen molar-refractivity contribution in [2.24, 2.45) is 0 Å². The van der Waals surface area contributed by atoms with Crippen LogP contribution in [-0.2, 0) is 6.42 Å². The molecule has 2 aliphatic rings. The van der Waals surface area contributed by atoms with Crippen molar-refractivity contribution < 1.29 is 14.3 Å². The molecule has 2 fully saturated rings. The summed E-state index contributed by atoms with van der Waals surface area (Å²) in [4.78, 5) is 22.0. The number of hydrogen-bond donors (Lipinski definition) is 1. The number of aryl methyl sites for hydroxylation is 1. The maximum Gasteiger partial charge on any atom is 0.320 e. The molecule has 0 bridgehead atoms. The second kappa shape index (κ2) is 10.2. The summed E-state index contributed by atoms with van der Waals surface area (Å²) in [5.74, 6) is 0.00137. The minimum atomic E-state index is -0.315. The van der Waals surface area contributed by atoms with Gasteiger partial charge < -0.3 is 19.5 Å². The van der Waals surface area contributed by atoms with E-state index in [1.807, 2.05) is 26.6 Å². The Morgan fingerprint density at radius 1 is 1.06 bits per heavy atom. The molecule has 2 saturated heterocycles. The molecule has 35 heavy (non-hydrogen) atoms. The average molecular weight is 477 g/mol. The quantitative estimate of drug-likeness (QED) is 0.593. The van der Waals surface area contributed by atoms with Gasteiger partial charge in [-0.3, -0.25) is 0 Å². The number of halogens is 1. The second-order valence-electron chi connectivity index (χ2n) is 9.82. The van der Waals surface area contributed by atoms with E-state index in [0.717, 1.165) is 24.2 Å². The van der Waals surface area contributed by atoms with Gasteiger partial charge >= 0.3 is 6.03 Å². The monoisotopic (exact) mass is 476 g/mol. The predicted molar refractivity (Wildman–Crippen MR) is 133 cm³/mol. The zero-order chi connectivity index (χ0) is 24.4. The highest BCUT2D eigenvalue weighted by atomic mass is 19.1. The molecule has 7 heteroatoms. The standard InChI is InChI=1S/C28H33FN4O2/c1-2-20-6-8-21(9-7-20)22-14-23(17-32(16-22)28(35)31-12-10-26(34)11-13-31)27-18-33(19-30-27)25-5-3-4-24(29)15-25/h3-9,15,18-19,22-23,26,34H,2,10-14,16-17H2,1H3. The first-order valence-corrected chi connectivity index (χ1v) is 12.6. The van der Waals surface area contributed by atoms with Gasteiger partial charge in [-0.25, -0.2) is 14.2 Å². The third-order valence-corrected chi connectivity index (χ3v) is 7.44. The van der Waals surface area contributed by atoms with Crippen LogP contribution < -0.4 is 0 Å². The second-order valence-corrected chi connectivity index (χ2v) is 9.82. The topological polar surface area (TPSA) is 61.6 Å². The number of aliphatic hydroxyl groups excluding tert-OH is 1. The molecule has 6 nitrogen and oxygen atoms in total. The van der Waals surface area contributed by atoms with Gasteiger partial charge in [-0.15, -0.1) is 0 Å². The Kier molecular flexibility index (Phi) is 6.86. The summed E-state index contributed by atoms with van der Waals surface area (Å²) in [7, 11) is 0. The van der Waals surface area contributed by atoms with E-state index in [9.17, 15) is 14.3 Å². The summed E-state index contributed by atoms with van der Waals surface area (Å²) in [6.45, 7) is 4.60. The molecule has 0 saturated carbocycles. The van der Waals surface area contributed by atoms with Crippen molar-refractivity contribution in [1.29, 1.82) is 0 Å². The van der Waals surface area contributed by atoms with Gasteiger partial charge in [-0.05, 0) is 55.0 Å². The first-order chi connectivity index (χ1) is 17.0. The van der Waals surface area contributed by atoms with Crippen molar-refractivity contribution >= 4 is 6.03 Å². The number of piperidine rings is 2. The molecular formula is C28H33FN4O2. The molecule has 3 heterocycles. The van der Waals surface area contributed by atoms with Gasteiger partial charge in [0.25, 0.3) is 0 Å². The van der Waals surface area contributed by atoms with Gasteiger partial charge in [0.05, 0.1) is 18.1 Å². The molecule has 2 atom stereocenters. The summed E-state index contributed by atoms with van der Waals surface area (Å²) < 4.78 is 15.6. The Morgan fingerprint density at radius 3 is 2.51 bits per heavy atom. The van der Waals surface area contributed by atoms with Crippen molar-refractivity contribution in [2.75, 3.05) is 26.2 Å². The van der Waals surface area contributed by atoms with Crippen LogP contribution in [-0.4, -0.2) is 62.8 Å². The maximum atomic E-state index is 13.8. The number of rotatable bonds is 4. The van der Waals surface area contributed by atoms with Crippen LogP contribution in [0.15, 0.2) is 61.1 Å². The number of urea groups is 1. The molecule has 2 aliphatic heterocycles. The third-order valence-electron chi connectivity index (χ3n) is 7.44. The normalized spacial score (nSPS) is 21.3. The Bertz CT molecular complexity index is 1150. The maximum absolute atomic E-state index is 13.8. The van der Waals surface area contributed by atoms with Gasteiger partial charge in [-0.2, -0.15) is 0 Å². The molecule has 2 aromatic carbocycles. The molecule has 0 radical (unpaired) electrons. The number of carbonyl (C=O) groups is 1. The lowest BCUT2D eigenvalue weighted by molar-refractivity contribution is 0.0755. The number of hydrogen-bond acceptors (Lipinski definition) is 3. The minimum absolute atomic E-state index is 0.0429. The SMILES string of the molecule is CCc1ccc(C2CC(c3cn(-c4cccc(F)c4)cn3)CN(C(=O)N3CCC(O)CC3)C2)cc1. The molecule has 2 unspecified atom stereocenters. The number of likely N-dealkylation sites (tertiary alicyclic amines) is 2. The van der Waals surface area contributed by atoms with Gasteiger partial charge in [0.1, 0.15) is 5.82 Å². The van der Waals surface area contributed by atoms with Crippen molar-refractivity contribution in [3.63, 3.8) is 0 Å². The van der Waals surface area contributed by atoms with E-state index in [1.165, 1.54) is 23.3 Å². The van der Waals surface area contributed by atoms with Crippen molar-refractivity contribution in [3.05, 3.63) is 83.7 Å². The van der Waals surface area contributed by atoms with Crippen LogP contribution >= 0.6 is 0 Å². The minimum Gasteiger partial charge on any atom is -0.393 e. The zero-order valence-electron chi connectivity index (χ0n) is 20.2. The predicted octanol–water partition coefficient (Wildman–Crippen LogP) is 4.72. The van der Waals surface area contributed by atoms with Crippen LogP contribution in [0.2, 0.25) is 0 Å². The number of carbonyl (C=O) groups excluding carboxylic acids is 1. The van der Waals surface area contributed by atoms with Crippen LogP contribution in [0, 0.1) is 5.82 Å². The van der Waals surface area contributed by atoms with Crippen molar-refractivity contribution in [3.8, 4) is 5.69 Å². The molecule has 0 spiro atoms. The number of amides is 2. The third kappa shape index (κ3) is 5.25. The van der Waals surface area contributed by atoms with E-state index in [1.54, 1.807) is 12.4 Å². The number of imidazole rings is 1. The van der Waals surface area contributed by atoms with E-state index in [2.05, 4.69) is 36.2 Å². The molecule has 1 N–H and O–H groups in total. The number of benzene rings is 2. The first kappa shape index (κ1) is 23.5. The molecule has 2 amide bonds. The van der Waals surface area contributed by atoms with Crippen LogP contribution in [0.4, 0.5) is 9.18 Å². The Labute approximate surface area is 206 Å². The van der Waals surface area contributed by atoms with E-state index < -0.39 is 0 Å². The van der Waals surface area contributed by atoms with Crippen LogP contribution in [0.1, 0.15) is 54.8 Å². The van der Waals surface area contributed by atoms with Crippen molar-refractivity contribution in [1.82, 2.24) is 19.4 Å². The Morgan fingerprint density at radius 2 is 1.80 bits per heavy atom. The average Bonchev–Trinajstić information content (AvgIpc) is 3.39. The van der Waals surface area contributed by atoms with E-state index in [0.29, 0.717) is 39.0 Å². The summed E-state index contributed by atoms with van der Waals surface area (Å²) in [5.41, 5.74) is 4.18. The number of aromatic nitrogens is 2. The van der Waals surface area contributed by atoms with Crippen molar-refractivity contribution in [2.45, 2.75) is 50.5 Å². The highest BCUT2D eigenvalue weighted by Crippen LogP contribution is 2.36. The van der Waals surface area contributed by atoms with E-state index >= 15 is 0 Å². The molecule has 1 aromatic heterocycles. The lowest BCUT2D eigenvalue weighted by Crippen LogP contribution is -2.51. The summed E-state index contributed by atoms with van der Waals surface area (Å²) in [6, 6.07) is 15.2. The van der Waals surface area contributed by atoms with Gasteiger partial charge in [0, 0.05) is 49.9 Å². The van der Waals surface area contributed by atoms with Crippen LogP contribution in [0.25, 0.3) is 5.69 Å². The molecular weight excluding hydrogens is 443 g/mol. The highest BCUT2D eigenvalue weighted by Gasteiger charge is 2.35. The fourth-order valence-corrected chi connectivity index (χ4v) is 5.32. The van der Waals surface area contributed by atoms with E-state index in [-0.39, 0.29) is 29.8 Å². The molecule has 0 aliphatic carbocycles. The first-order valence-electron chi connectivity index (χ1n) is 12.6. The van der Waals surface area contributed by atoms with E-state index in [4.69, 9.17) is 0 Å². The number of aliphatic hydroxyl groups is 1. The largest absolute Gasteiger partial charge is 0.393 e. The van der Waals surface area contributed by atoms with Gasteiger partial charge in [0.15, 0.2) is 0 Å². The van der Waals surface area contributed by atoms with Crippen LogP contribution in [0.3, 0.4) is 0 Å². The summed E-state index contributed by atoms with van der Waals surface area (Å²) in [5, 5.41) is 9.87. The molecule has 184 valence electrons. The summed E-state index contributed by atoms with van der Waals surface area (Å²) in [6.07, 6.45) is 6.52. The Hall–Kier alpha value is -3.19. The molecule has 5 rings (SSSR count). The smallest absolute Gasteiger partial charge is 0.320 e. The summed E-state index contributed by atoms with van der Waals surface area (Å²) >= 11 is 0. The van der Waals surface area contributed by atoms with Crippen LogP contribution in [0.5, 0.6) is 0 Å². The fraction of sp³-hybridized carbons (Fsp3) is 0.429.